The van der Waals surface area contributed by atoms with Crippen molar-refractivity contribution in [3.8, 4) is 5.75 Å². The minimum atomic E-state index is -0.242. The van der Waals surface area contributed by atoms with Gasteiger partial charge >= 0.3 is 0 Å². The standard InChI is InChI=1S/C18H20Cl2N2O4/c19-13-1-3-16(15(20)11-13)25-12-14-2-4-17(26-14)18(23)21-5-6-22-7-9-24-10-8-22/h1-4,11H,5-10,12H2,(H,21,23). The zero-order valence-corrected chi connectivity index (χ0v) is 15.7. The van der Waals surface area contributed by atoms with Gasteiger partial charge < -0.3 is 19.2 Å². The first kappa shape index (κ1) is 19.0. The topological polar surface area (TPSA) is 63.9 Å². The summed E-state index contributed by atoms with van der Waals surface area (Å²) in [5.74, 6) is 1.06. The number of rotatable bonds is 7. The van der Waals surface area contributed by atoms with Crippen molar-refractivity contribution in [1.29, 1.82) is 0 Å². The molecule has 0 radical (unpaired) electrons. The minimum absolute atomic E-state index is 0.169. The van der Waals surface area contributed by atoms with Gasteiger partial charge in [-0.2, -0.15) is 0 Å². The molecule has 0 unspecified atom stereocenters. The normalized spacial score (nSPS) is 15.0. The molecule has 0 bridgehead atoms. The second-order valence-corrected chi connectivity index (χ2v) is 6.68. The number of benzene rings is 1. The molecule has 1 saturated heterocycles. The lowest BCUT2D eigenvalue weighted by molar-refractivity contribution is 0.0382. The third kappa shape index (κ3) is 5.38. The second kappa shape index (κ2) is 9.28. The number of ether oxygens (including phenoxy) is 2. The van der Waals surface area contributed by atoms with E-state index in [1.54, 1.807) is 30.3 Å². The summed E-state index contributed by atoms with van der Waals surface area (Å²) < 4.78 is 16.4. The zero-order valence-electron chi connectivity index (χ0n) is 14.2. The van der Waals surface area contributed by atoms with Gasteiger partial charge in [0, 0.05) is 31.2 Å². The number of hydrogen-bond donors (Lipinski definition) is 1. The van der Waals surface area contributed by atoms with Gasteiger partial charge in [-0.05, 0) is 30.3 Å². The van der Waals surface area contributed by atoms with Crippen molar-refractivity contribution in [2.75, 3.05) is 39.4 Å². The van der Waals surface area contributed by atoms with Gasteiger partial charge in [-0.15, -0.1) is 0 Å². The maximum absolute atomic E-state index is 12.1. The van der Waals surface area contributed by atoms with Crippen molar-refractivity contribution in [3.63, 3.8) is 0 Å². The first-order chi connectivity index (χ1) is 12.6. The molecule has 1 fully saturated rings. The first-order valence-electron chi connectivity index (χ1n) is 8.36. The molecular weight excluding hydrogens is 379 g/mol. The number of nitrogens with zero attached hydrogens (tertiary/aromatic N) is 1. The van der Waals surface area contributed by atoms with Gasteiger partial charge in [-0.3, -0.25) is 9.69 Å². The van der Waals surface area contributed by atoms with Gasteiger partial charge in [0.15, 0.2) is 5.76 Å². The largest absolute Gasteiger partial charge is 0.484 e. The number of furan rings is 1. The highest BCUT2D eigenvalue weighted by Gasteiger charge is 2.14. The number of nitrogens with one attached hydrogen (secondary N) is 1. The summed E-state index contributed by atoms with van der Waals surface area (Å²) in [6.07, 6.45) is 0. The van der Waals surface area contributed by atoms with Crippen LogP contribution in [0.3, 0.4) is 0 Å². The predicted octanol–water partition coefficient (Wildman–Crippen LogP) is 3.23. The number of amides is 1. The van der Waals surface area contributed by atoms with E-state index in [1.807, 2.05) is 0 Å². The molecule has 1 aromatic heterocycles. The summed E-state index contributed by atoms with van der Waals surface area (Å²) in [4.78, 5) is 14.4. The molecule has 6 nitrogen and oxygen atoms in total. The average Bonchev–Trinajstić information content (AvgIpc) is 3.11. The summed E-state index contributed by atoms with van der Waals surface area (Å²) in [5.41, 5.74) is 0. The van der Waals surface area contributed by atoms with Crippen LogP contribution in [0.1, 0.15) is 16.3 Å². The third-order valence-corrected chi connectivity index (χ3v) is 4.50. The third-order valence-electron chi connectivity index (χ3n) is 3.97. The Balaban J connectivity index is 1.45. The Labute approximate surface area is 162 Å². The van der Waals surface area contributed by atoms with E-state index < -0.39 is 0 Å². The number of carbonyl (C=O) groups is 1. The Morgan fingerprint density at radius 2 is 2.00 bits per heavy atom. The number of carbonyl (C=O) groups excluding carboxylic acids is 1. The lowest BCUT2D eigenvalue weighted by Gasteiger charge is -2.26. The summed E-state index contributed by atoms with van der Waals surface area (Å²) >= 11 is 11.9. The van der Waals surface area contributed by atoms with E-state index >= 15 is 0 Å². The Bertz CT molecular complexity index is 745. The van der Waals surface area contributed by atoms with Crippen molar-refractivity contribution in [2.24, 2.45) is 0 Å². The van der Waals surface area contributed by atoms with E-state index in [-0.39, 0.29) is 18.3 Å². The Morgan fingerprint density at radius 3 is 2.77 bits per heavy atom. The Hall–Kier alpha value is -1.73. The fraction of sp³-hybridized carbons (Fsp3) is 0.389. The maximum atomic E-state index is 12.1. The van der Waals surface area contributed by atoms with E-state index in [2.05, 4.69) is 10.2 Å². The number of hydrogen-bond acceptors (Lipinski definition) is 5. The van der Waals surface area contributed by atoms with Crippen LogP contribution in [0.15, 0.2) is 34.7 Å². The highest BCUT2D eigenvalue weighted by molar-refractivity contribution is 6.35. The summed E-state index contributed by atoms with van der Waals surface area (Å²) in [6, 6.07) is 8.33. The van der Waals surface area contributed by atoms with E-state index in [4.69, 9.17) is 37.1 Å². The smallest absolute Gasteiger partial charge is 0.287 e. The number of morpholine rings is 1. The van der Waals surface area contributed by atoms with E-state index in [9.17, 15) is 4.79 Å². The molecule has 26 heavy (non-hydrogen) atoms. The molecule has 2 heterocycles. The van der Waals surface area contributed by atoms with Crippen molar-refractivity contribution >= 4 is 29.1 Å². The van der Waals surface area contributed by atoms with Crippen LogP contribution in [0, 0.1) is 0 Å². The van der Waals surface area contributed by atoms with E-state index in [0.717, 1.165) is 32.8 Å². The minimum Gasteiger partial charge on any atom is -0.484 e. The Kier molecular flexibility index (Phi) is 6.80. The van der Waals surface area contributed by atoms with Gasteiger partial charge in [0.1, 0.15) is 18.1 Å². The number of halogens is 2. The van der Waals surface area contributed by atoms with Gasteiger partial charge in [0.2, 0.25) is 0 Å². The van der Waals surface area contributed by atoms with Gasteiger partial charge in [0.25, 0.3) is 5.91 Å². The van der Waals surface area contributed by atoms with E-state index in [0.29, 0.717) is 28.1 Å². The average molecular weight is 399 g/mol. The second-order valence-electron chi connectivity index (χ2n) is 5.84. The zero-order chi connectivity index (χ0) is 18.4. The predicted molar refractivity (Wildman–Crippen MR) is 99.1 cm³/mol. The molecule has 140 valence electrons. The molecule has 0 aliphatic carbocycles. The highest BCUT2D eigenvalue weighted by atomic mass is 35.5. The monoisotopic (exact) mass is 398 g/mol. The van der Waals surface area contributed by atoms with Crippen LogP contribution in [0.25, 0.3) is 0 Å². The van der Waals surface area contributed by atoms with Crippen molar-refractivity contribution in [2.45, 2.75) is 6.61 Å². The molecule has 0 spiro atoms. The lowest BCUT2D eigenvalue weighted by Crippen LogP contribution is -2.41. The molecule has 1 aliphatic heterocycles. The van der Waals surface area contributed by atoms with Gasteiger partial charge in [-0.1, -0.05) is 23.2 Å². The molecule has 1 N–H and O–H groups in total. The molecule has 1 amide bonds. The van der Waals surface area contributed by atoms with Gasteiger partial charge in [-0.25, -0.2) is 0 Å². The van der Waals surface area contributed by atoms with Crippen LogP contribution < -0.4 is 10.1 Å². The fourth-order valence-corrected chi connectivity index (χ4v) is 3.02. The molecule has 0 saturated carbocycles. The lowest BCUT2D eigenvalue weighted by atomic mass is 10.3. The molecule has 1 aliphatic rings. The molecule has 2 aromatic rings. The molecule has 1 aromatic carbocycles. The van der Waals surface area contributed by atoms with E-state index in [1.165, 1.54) is 0 Å². The molecule has 0 atom stereocenters. The fourth-order valence-electron chi connectivity index (χ4n) is 2.56. The Morgan fingerprint density at radius 1 is 1.19 bits per heavy atom. The van der Waals surface area contributed by atoms with Crippen LogP contribution in [0.2, 0.25) is 10.0 Å². The van der Waals surface area contributed by atoms with Crippen LogP contribution in [0.4, 0.5) is 0 Å². The van der Waals surface area contributed by atoms with Crippen LogP contribution in [-0.2, 0) is 11.3 Å². The van der Waals surface area contributed by atoms with Crippen molar-refractivity contribution in [1.82, 2.24) is 10.2 Å². The van der Waals surface area contributed by atoms with Gasteiger partial charge in [0.05, 0.1) is 18.2 Å². The maximum Gasteiger partial charge on any atom is 0.287 e. The van der Waals surface area contributed by atoms with Crippen LogP contribution in [-0.4, -0.2) is 50.2 Å². The molecular formula is C18H20Cl2N2O4. The summed E-state index contributed by atoms with van der Waals surface area (Å²) in [6.45, 7) is 4.80. The highest BCUT2D eigenvalue weighted by Crippen LogP contribution is 2.28. The van der Waals surface area contributed by atoms with Crippen LogP contribution in [0.5, 0.6) is 5.75 Å². The summed E-state index contributed by atoms with van der Waals surface area (Å²) in [7, 11) is 0. The molecule has 8 heteroatoms. The van der Waals surface area contributed by atoms with Crippen molar-refractivity contribution in [3.05, 3.63) is 51.9 Å². The van der Waals surface area contributed by atoms with Crippen molar-refractivity contribution < 1.29 is 18.7 Å². The van der Waals surface area contributed by atoms with Crippen LogP contribution >= 0.6 is 23.2 Å². The first-order valence-corrected chi connectivity index (χ1v) is 9.12. The summed E-state index contributed by atoms with van der Waals surface area (Å²) in [5, 5.41) is 3.82. The SMILES string of the molecule is O=C(NCCN1CCOCC1)c1ccc(COc2ccc(Cl)cc2Cl)o1. The quantitative estimate of drug-likeness (QED) is 0.775. The molecule has 3 rings (SSSR count).